The van der Waals surface area contributed by atoms with E-state index in [1.165, 1.54) is 16.7 Å². The van der Waals surface area contributed by atoms with E-state index >= 15 is 0 Å². The molecule has 1 aliphatic rings. The van der Waals surface area contributed by atoms with Crippen LogP contribution in [0.25, 0.3) is 6.08 Å². The lowest BCUT2D eigenvalue weighted by molar-refractivity contribution is 0.359. The molecule has 0 N–H and O–H groups in total. The second-order valence-electron chi connectivity index (χ2n) is 4.92. The van der Waals surface area contributed by atoms with Gasteiger partial charge < -0.3 is 4.90 Å². The Kier molecular flexibility index (Phi) is 3.56. The second-order valence-corrected chi connectivity index (χ2v) is 4.92. The van der Waals surface area contributed by atoms with Gasteiger partial charge in [-0.15, -0.1) is 0 Å². The summed E-state index contributed by atoms with van der Waals surface area (Å²) in [5.74, 6) is 5.64. The SMILES string of the molecule is [CH2]C#Cc1ccc(CN2C=Cc3ccccc3C2)cc1. The molecular formula is C19H16N. The minimum Gasteiger partial charge on any atom is -0.369 e. The van der Waals surface area contributed by atoms with Crippen molar-refractivity contribution in [1.82, 2.24) is 4.90 Å². The summed E-state index contributed by atoms with van der Waals surface area (Å²) in [6.45, 7) is 5.42. The Labute approximate surface area is 120 Å². The van der Waals surface area contributed by atoms with Gasteiger partial charge >= 0.3 is 0 Å². The van der Waals surface area contributed by atoms with Crippen LogP contribution in [0.3, 0.4) is 0 Å². The van der Waals surface area contributed by atoms with Crippen molar-refractivity contribution in [2.75, 3.05) is 0 Å². The Morgan fingerprint density at radius 2 is 1.85 bits per heavy atom. The molecule has 0 saturated carbocycles. The lowest BCUT2D eigenvalue weighted by Gasteiger charge is -2.25. The minimum absolute atomic E-state index is 0.920. The Bertz CT molecular complexity index is 684. The normalized spacial score (nSPS) is 12.6. The molecule has 0 amide bonds. The monoisotopic (exact) mass is 258 g/mol. The molecule has 2 aromatic rings. The van der Waals surface area contributed by atoms with Gasteiger partial charge in [-0.2, -0.15) is 0 Å². The number of nitrogens with zero attached hydrogens (tertiary/aromatic N) is 1. The van der Waals surface area contributed by atoms with Crippen LogP contribution in [0, 0.1) is 18.8 Å². The molecule has 2 aromatic carbocycles. The van der Waals surface area contributed by atoms with Crippen molar-refractivity contribution in [2.24, 2.45) is 0 Å². The van der Waals surface area contributed by atoms with Gasteiger partial charge in [-0.3, -0.25) is 0 Å². The van der Waals surface area contributed by atoms with E-state index in [2.05, 4.69) is 84.5 Å². The first kappa shape index (κ1) is 12.6. The summed E-state index contributed by atoms with van der Waals surface area (Å²) < 4.78 is 0. The number of hydrogen-bond acceptors (Lipinski definition) is 1. The highest BCUT2D eigenvalue weighted by Crippen LogP contribution is 2.20. The fourth-order valence-corrected chi connectivity index (χ4v) is 2.44. The molecule has 97 valence electrons. The van der Waals surface area contributed by atoms with E-state index in [0.717, 1.165) is 18.7 Å². The number of rotatable bonds is 2. The molecule has 0 unspecified atom stereocenters. The van der Waals surface area contributed by atoms with Crippen LogP contribution in [0.1, 0.15) is 22.3 Å². The van der Waals surface area contributed by atoms with Crippen LogP contribution in [0.15, 0.2) is 54.7 Å². The molecule has 0 aliphatic carbocycles. The van der Waals surface area contributed by atoms with Crippen LogP contribution in [0.5, 0.6) is 0 Å². The molecule has 0 atom stereocenters. The van der Waals surface area contributed by atoms with Crippen molar-refractivity contribution in [2.45, 2.75) is 13.1 Å². The average molecular weight is 258 g/mol. The third-order valence-corrected chi connectivity index (χ3v) is 3.47. The summed E-state index contributed by atoms with van der Waals surface area (Å²) >= 11 is 0. The van der Waals surface area contributed by atoms with Crippen LogP contribution in [-0.2, 0) is 13.1 Å². The van der Waals surface area contributed by atoms with Crippen molar-refractivity contribution >= 4 is 6.08 Å². The molecule has 3 rings (SSSR count). The third kappa shape index (κ3) is 2.75. The van der Waals surface area contributed by atoms with Gasteiger partial charge in [0.25, 0.3) is 0 Å². The summed E-state index contributed by atoms with van der Waals surface area (Å²) in [5, 5.41) is 0. The van der Waals surface area contributed by atoms with Gasteiger partial charge in [0, 0.05) is 31.8 Å². The van der Waals surface area contributed by atoms with Crippen LogP contribution < -0.4 is 0 Å². The number of hydrogen-bond donors (Lipinski definition) is 0. The number of benzene rings is 2. The first-order valence-electron chi connectivity index (χ1n) is 6.72. The van der Waals surface area contributed by atoms with E-state index in [1.54, 1.807) is 0 Å². The molecule has 1 nitrogen and oxygen atoms in total. The smallest absolute Gasteiger partial charge is 0.0433 e. The van der Waals surface area contributed by atoms with Crippen LogP contribution in [0.4, 0.5) is 0 Å². The van der Waals surface area contributed by atoms with Crippen molar-refractivity contribution in [1.29, 1.82) is 0 Å². The largest absolute Gasteiger partial charge is 0.369 e. The molecule has 1 radical (unpaired) electrons. The highest BCUT2D eigenvalue weighted by molar-refractivity contribution is 5.55. The summed E-state index contributed by atoms with van der Waals surface area (Å²) in [4.78, 5) is 2.32. The van der Waals surface area contributed by atoms with Crippen LogP contribution >= 0.6 is 0 Å². The summed E-state index contributed by atoms with van der Waals surface area (Å²) in [7, 11) is 0. The van der Waals surface area contributed by atoms with Crippen molar-refractivity contribution in [3.05, 3.63) is 83.9 Å². The van der Waals surface area contributed by atoms with Crippen LogP contribution in [0.2, 0.25) is 0 Å². The number of fused-ring (bicyclic) bond motifs is 1. The van der Waals surface area contributed by atoms with E-state index in [1.807, 2.05) is 0 Å². The highest BCUT2D eigenvalue weighted by atomic mass is 15.1. The molecule has 1 heterocycles. The van der Waals surface area contributed by atoms with Gasteiger partial charge in [-0.25, -0.2) is 0 Å². The fraction of sp³-hybridized carbons (Fsp3) is 0.105. The molecule has 20 heavy (non-hydrogen) atoms. The zero-order valence-corrected chi connectivity index (χ0v) is 11.3. The molecule has 0 fully saturated rings. The first-order chi connectivity index (χ1) is 9.85. The van der Waals surface area contributed by atoms with Crippen molar-refractivity contribution in [3.63, 3.8) is 0 Å². The summed E-state index contributed by atoms with van der Waals surface area (Å²) in [6, 6.07) is 16.9. The zero-order chi connectivity index (χ0) is 13.8. The maximum atomic E-state index is 3.54. The Hall–Kier alpha value is -2.46. The van der Waals surface area contributed by atoms with Gasteiger partial charge in [-0.1, -0.05) is 48.2 Å². The summed E-state index contributed by atoms with van der Waals surface area (Å²) in [6.07, 6.45) is 4.35. The van der Waals surface area contributed by atoms with Gasteiger partial charge in [0.05, 0.1) is 0 Å². The van der Waals surface area contributed by atoms with Gasteiger partial charge in [0.1, 0.15) is 0 Å². The van der Waals surface area contributed by atoms with E-state index in [9.17, 15) is 0 Å². The Balaban J connectivity index is 1.72. The zero-order valence-electron chi connectivity index (χ0n) is 11.3. The predicted molar refractivity (Wildman–Crippen MR) is 83.4 cm³/mol. The average Bonchev–Trinajstić information content (AvgIpc) is 2.49. The van der Waals surface area contributed by atoms with Gasteiger partial charge in [0.2, 0.25) is 0 Å². The molecular weight excluding hydrogens is 242 g/mol. The lowest BCUT2D eigenvalue weighted by Crippen LogP contribution is -2.19. The standard InChI is InChI=1S/C19H16N/c1-2-5-16-8-10-17(11-9-16)14-20-13-12-18-6-3-4-7-19(18)15-20/h3-4,6-13H,1,14-15H2. The van der Waals surface area contributed by atoms with Crippen molar-refractivity contribution < 1.29 is 0 Å². The van der Waals surface area contributed by atoms with Gasteiger partial charge in [-0.05, 0) is 34.9 Å². The van der Waals surface area contributed by atoms with E-state index in [4.69, 9.17) is 0 Å². The molecule has 1 heteroatoms. The Morgan fingerprint density at radius 3 is 2.65 bits per heavy atom. The molecule has 0 aromatic heterocycles. The quantitative estimate of drug-likeness (QED) is 0.739. The third-order valence-electron chi connectivity index (χ3n) is 3.47. The second kappa shape index (κ2) is 5.67. The van der Waals surface area contributed by atoms with E-state index in [0.29, 0.717) is 0 Å². The molecule has 0 saturated heterocycles. The Morgan fingerprint density at radius 1 is 1.05 bits per heavy atom. The maximum absolute atomic E-state index is 3.54. The minimum atomic E-state index is 0.920. The molecule has 0 spiro atoms. The molecule has 1 aliphatic heterocycles. The van der Waals surface area contributed by atoms with Crippen molar-refractivity contribution in [3.8, 4) is 11.8 Å². The van der Waals surface area contributed by atoms with E-state index < -0.39 is 0 Å². The van der Waals surface area contributed by atoms with Crippen LogP contribution in [-0.4, -0.2) is 4.90 Å². The maximum Gasteiger partial charge on any atom is 0.0433 e. The topological polar surface area (TPSA) is 3.24 Å². The predicted octanol–water partition coefficient (Wildman–Crippen LogP) is 3.86. The highest BCUT2D eigenvalue weighted by Gasteiger charge is 2.09. The molecule has 0 bridgehead atoms. The lowest BCUT2D eigenvalue weighted by atomic mass is 10.0. The fourth-order valence-electron chi connectivity index (χ4n) is 2.44. The first-order valence-corrected chi connectivity index (χ1v) is 6.72. The van der Waals surface area contributed by atoms with Gasteiger partial charge in [0.15, 0.2) is 0 Å². The summed E-state index contributed by atoms with van der Waals surface area (Å²) in [5.41, 5.74) is 5.02. The van der Waals surface area contributed by atoms with E-state index in [-0.39, 0.29) is 0 Å².